The summed E-state index contributed by atoms with van der Waals surface area (Å²) in [5.41, 5.74) is 2.74. The summed E-state index contributed by atoms with van der Waals surface area (Å²) in [4.78, 5) is 12.5. The number of amides is 1. The summed E-state index contributed by atoms with van der Waals surface area (Å²) in [6.45, 7) is 2.43. The molecule has 2 aromatic carbocycles. The molecule has 1 amide bonds. The monoisotopic (exact) mass is 351 g/mol. The van der Waals surface area contributed by atoms with Gasteiger partial charge in [0.1, 0.15) is 5.69 Å². The molecule has 0 unspecified atom stereocenters. The van der Waals surface area contributed by atoms with Crippen LogP contribution in [0.25, 0.3) is 16.9 Å². The molecule has 3 aromatic rings. The lowest BCUT2D eigenvalue weighted by Gasteiger charge is -2.09. The first-order valence-corrected chi connectivity index (χ1v) is 8.33. The largest absolute Gasteiger partial charge is 0.493 e. The maximum Gasteiger partial charge on any atom is 0.255 e. The third-order valence-corrected chi connectivity index (χ3v) is 3.97. The Bertz CT molecular complexity index is 904. The molecule has 26 heavy (non-hydrogen) atoms. The number of carbonyl (C=O) groups is 1. The molecule has 6 heteroatoms. The van der Waals surface area contributed by atoms with Crippen LogP contribution < -0.4 is 14.8 Å². The molecule has 0 fully saturated rings. The highest BCUT2D eigenvalue weighted by Gasteiger charge is 2.19. The van der Waals surface area contributed by atoms with Gasteiger partial charge < -0.3 is 14.8 Å². The highest BCUT2D eigenvalue weighted by Crippen LogP contribution is 2.33. The molecule has 1 heterocycles. The van der Waals surface area contributed by atoms with Gasteiger partial charge in [0.15, 0.2) is 11.5 Å². The molecule has 134 valence electrons. The minimum atomic E-state index is -0.167. The number of nitrogens with one attached hydrogen (secondary N) is 1. The normalized spacial score (nSPS) is 10.4. The number of ether oxygens (including phenoxy) is 2. The van der Waals surface area contributed by atoms with Gasteiger partial charge in [-0.15, -0.1) is 0 Å². The number of benzene rings is 2. The Balaban J connectivity index is 2.13. The Kier molecular flexibility index (Phi) is 5.22. The van der Waals surface area contributed by atoms with Crippen molar-refractivity contribution in [1.82, 2.24) is 15.1 Å². The number of aromatic nitrogens is 2. The van der Waals surface area contributed by atoms with Gasteiger partial charge in [-0.25, -0.2) is 4.68 Å². The van der Waals surface area contributed by atoms with Gasteiger partial charge in [-0.05, 0) is 37.3 Å². The zero-order chi connectivity index (χ0) is 18.5. The van der Waals surface area contributed by atoms with E-state index in [2.05, 4.69) is 10.4 Å². The molecule has 0 aliphatic heterocycles. The molecule has 0 radical (unpaired) electrons. The number of methoxy groups -OCH3 is 2. The quantitative estimate of drug-likeness (QED) is 0.740. The predicted molar refractivity (Wildman–Crippen MR) is 100 cm³/mol. The van der Waals surface area contributed by atoms with Crippen LogP contribution in [0.1, 0.15) is 17.3 Å². The molecule has 3 rings (SSSR count). The Morgan fingerprint density at radius 3 is 2.46 bits per heavy atom. The topological polar surface area (TPSA) is 65.4 Å². The van der Waals surface area contributed by atoms with E-state index in [-0.39, 0.29) is 5.91 Å². The van der Waals surface area contributed by atoms with Crippen molar-refractivity contribution in [2.24, 2.45) is 0 Å². The molecule has 1 N–H and O–H groups in total. The molecule has 0 aliphatic carbocycles. The van der Waals surface area contributed by atoms with E-state index in [0.29, 0.717) is 29.3 Å². The molecular formula is C20H21N3O3. The Labute approximate surface area is 152 Å². The maximum absolute atomic E-state index is 12.5. The summed E-state index contributed by atoms with van der Waals surface area (Å²) in [5, 5.41) is 7.48. The molecule has 0 saturated heterocycles. The molecule has 1 aromatic heterocycles. The smallest absolute Gasteiger partial charge is 0.255 e. The maximum atomic E-state index is 12.5. The van der Waals surface area contributed by atoms with Gasteiger partial charge in [-0.1, -0.05) is 18.2 Å². The van der Waals surface area contributed by atoms with Crippen molar-refractivity contribution in [1.29, 1.82) is 0 Å². The molecule has 0 atom stereocenters. The van der Waals surface area contributed by atoms with Gasteiger partial charge in [0.05, 0.1) is 25.5 Å². The SMILES string of the molecule is CCNC(=O)c1cn(-c2ccccc2)nc1-c1ccc(OC)c(OC)c1. The van der Waals surface area contributed by atoms with Crippen LogP contribution >= 0.6 is 0 Å². The van der Waals surface area contributed by atoms with Crippen molar-refractivity contribution in [2.75, 3.05) is 20.8 Å². The minimum absolute atomic E-state index is 0.167. The van der Waals surface area contributed by atoms with E-state index in [9.17, 15) is 4.79 Å². The summed E-state index contributed by atoms with van der Waals surface area (Å²) in [7, 11) is 3.16. The summed E-state index contributed by atoms with van der Waals surface area (Å²) in [5.74, 6) is 1.04. The number of hydrogen-bond donors (Lipinski definition) is 1. The lowest BCUT2D eigenvalue weighted by molar-refractivity contribution is 0.0956. The molecule has 6 nitrogen and oxygen atoms in total. The average Bonchev–Trinajstić information content (AvgIpc) is 3.14. The second-order valence-corrected chi connectivity index (χ2v) is 5.60. The van der Waals surface area contributed by atoms with Crippen LogP contribution in [-0.4, -0.2) is 36.5 Å². The van der Waals surface area contributed by atoms with Crippen LogP contribution in [0.15, 0.2) is 54.7 Å². The summed E-state index contributed by atoms with van der Waals surface area (Å²) in [6.07, 6.45) is 1.74. The molecular weight excluding hydrogens is 330 g/mol. The molecule has 0 spiro atoms. The number of nitrogens with zero attached hydrogens (tertiary/aromatic N) is 2. The van der Waals surface area contributed by atoms with Crippen LogP contribution in [0, 0.1) is 0 Å². The minimum Gasteiger partial charge on any atom is -0.493 e. The van der Waals surface area contributed by atoms with E-state index in [1.165, 1.54) is 0 Å². The second kappa shape index (κ2) is 7.74. The Morgan fingerprint density at radius 2 is 1.81 bits per heavy atom. The van der Waals surface area contributed by atoms with Gasteiger partial charge in [0.2, 0.25) is 0 Å². The van der Waals surface area contributed by atoms with Gasteiger partial charge in [0.25, 0.3) is 5.91 Å². The fourth-order valence-electron chi connectivity index (χ4n) is 2.71. The van der Waals surface area contributed by atoms with Crippen LogP contribution in [-0.2, 0) is 0 Å². The van der Waals surface area contributed by atoms with Crippen molar-refractivity contribution in [3.63, 3.8) is 0 Å². The van der Waals surface area contributed by atoms with Gasteiger partial charge in [0, 0.05) is 18.3 Å². The Hall–Kier alpha value is -3.28. The highest BCUT2D eigenvalue weighted by atomic mass is 16.5. The van der Waals surface area contributed by atoms with Crippen LogP contribution in [0.4, 0.5) is 0 Å². The standard InChI is InChI=1S/C20H21N3O3/c1-4-21-20(24)16-13-23(15-8-6-5-7-9-15)22-19(16)14-10-11-17(25-2)18(12-14)26-3/h5-13H,4H2,1-3H3,(H,21,24). The van der Waals surface area contributed by atoms with E-state index in [4.69, 9.17) is 9.47 Å². The van der Waals surface area contributed by atoms with E-state index in [1.807, 2.05) is 49.4 Å². The van der Waals surface area contributed by atoms with E-state index in [1.54, 1.807) is 31.2 Å². The highest BCUT2D eigenvalue weighted by molar-refractivity contribution is 6.00. The van der Waals surface area contributed by atoms with Gasteiger partial charge in [-0.3, -0.25) is 4.79 Å². The van der Waals surface area contributed by atoms with Gasteiger partial charge >= 0.3 is 0 Å². The molecule has 0 bridgehead atoms. The average molecular weight is 351 g/mol. The summed E-state index contributed by atoms with van der Waals surface area (Å²) in [6, 6.07) is 15.2. The number of carbonyl (C=O) groups excluding carboxylic acids is 1. The summed E-state index contributed by atoms with van der Waals surface area (Å²) < 4.78 is 12.4. The van der Waals surface area contributed by atoms with Crippen molar-refractivity contribution in [2.45, 2.75) is 6.92 Å². The lowest BCUT2D eigenvalue weighted by atomic mass is 10.1. The molecule has 0 saturated carbocycles. The first-order valence-electron chi connectivity index (χ1n) is 8.33. The van der Waals surface area contributed by atoms with Crippen LogP contribution in [0.2, 0.25) is 0 Å². The van der Waals surface area contributed by atoms with E-state index < -0.39 is 0 Å². The van der Waals surface area contributed by atoms with E-state index in [0.717, 1.165) is 11.3 Å². The fourth-order valence-corrected chi connectivity index (χ4v) is 2.71. The van der Waals surface area contributed by atoms with Crippen molar-refractivity contribution in [3.05, 3.63) is 60.3 Å². The van der Waals surface area contributed by atoms with Crippen molar-refractivity contribution < 1.29 is 14.3 Å². The lowest BCUT2D eigenvalue weighted by Crippen LogP contribution is -2.22. The zero-order valence-electron chi connectivity index (χ0n) is 15.0. The third kappa shape index (κ3) is 3.39. The third-order valence-electron chi connectivity index (χ3n) is 3.97. The molecule has 0 aliphatic rings. The van der Waals surface area contributed by atoms with E-state index >= 15 is 0 Å². The number of para-hydroxylation sites is 1. The Morgan fingerprint density at radius 1 is 1.08 bits per heavy atom. The van der Waals surface area contributed by atoms with Gasteiger partial charge in [-0.2, -0.15) is 5.10 Å². The van der Waals surface area contributed by atoms with Crippen molar-refractivity contribution in [3.8, 4) is 28.4 Å². The summed E-state index contributed by atoms with van der Waals surface area (Å²) >= 11 is 0. The predicted octanol–water partition coefficient (Wildman–Crippen LogP) is 3.31. The first-order chi connectivity index (χ1) is 12.7. The second-order valence-electron chi connectivity index (χ2n) is 5.60. The van der Waals surface area contributed by atoms with Crippen molar-refractivity contribution >= 4 is 5.91 Å². The fraction of sp³-hybridized carbons (Fsp3) is 0.200. The van der Waals surface area contributed by atoms with Crippen LogP contribution in [0.5, 0.6) is 11.5 Å². The number of rotatable bonds is 6. The first kappa shape index (κ1) is 17.5. The van der Waals surface area contributed by atoms with Crippen LogP contribution in [0.3, 0.4) is 0 Å². The number of hydrogen-bond acceptors (Lipinski definition) is 4. The zero-order valence-corrected chi connectivity index (χ0v) is 15.0.